The third-order valence-electron chi connectivity index (χ3n) is 4.57. The third kappa shape index (κ3) is 2.74. The van der Waals surface area contributed by atoms with E-state index in [0.29, 0.717) is 6.54 Å². The molecule has 0 unspecified atom stereocenters. The van der Waals surface area contributed by atoms with Crippen LogP contribution in [0.5, 0.6) is 0 Å². The van der Waals surface area contributed by atoms with Crippen molar-refractivity contribution in [2.45, 2.75) is 45.8 Å². The van der Waals surface area contributed by atoms with Gasteiger partial charge in [0.05, 0.1) is 5.60 Å². The maximum absolute atomic E-state index is 10.3. The lowest BCUT2D eigenvalue weighted by atomic mass is 9.97. The van der Waals surface area contributed by atoms with Crippen molar-refractivity contribution >= 4 is 10.9 Å². The van der Waals surface area contributed by atoms with Crippen molar-refractivity contribution in [1.29, 1.82) is 0 Å². The summed E-state index contributed by atoms with van der Waals surface area (Å²) in [5.74, 6) is 0. The van der Waals surface area contributed by atoms with E-state index in [4.69, 9.17) is 0 Å². The number of benzene rings is 1. The molecule has 1 aromatic heterocycles. The molecule has 2 rings (SSSR count). The molecule has 0 aliphatic heterocycles. The molecule has 3 heteroatoms. The van der Waals surface area contributed by atoms with Crippen LogP contribution in [0.4, 0.5) is 0 Å². The van der Waals surface area contributed by atoms with Crippen LogP contribution in [0.1, 0.15) is 37.9 Å². The van der Waals surface area contributed by atoms with Crippen LogP contribution in [0.25, 0.3) is 10.9 Å². The summed E-state index contributed by atoms with van der Waals surface area (Å²) in [7, 11) is 2.11. The number of aromatic nitrogens is 1. The van der Waals surface area contributed by atoms with Crippen molar-refractivity contribution in [3.8, 4) is 0 Å². The molecule has 0 amide bonds. The van der Waals surface area contributed by atoms with Crippen LogP contribution in [-0.2, 0) is 13.6 Å². The van der Waals surface area contributed by atoms with Gasteiger partial charge in [-0.05, 0) is 31.4 Å². The molecule has 0 aliphatic rings. The monoisotopic (exact) mass is 274 g/mol. The standard InChI is InChI=1S/C17H26N2O/c1-5-17(20,6-2)12-18-11-16-13(3)14-9-7-8-10-15(14)19(16)4/h7-10,18,20H,5-6,11-12H2,1-4H3. The number of aryl methyl sites for hydroxylation is 2. The second kappa shape index (κ2) is 5.98. The molecule has 1 aromatic carbocycles. The summed E-state index contributed by atoms with van der Waals surface area (Å²) in [5, 5.41) is 15.0. The van der Waals surface area contributed by atoms with Gasteiger partial charge in [0, 0.05) is 36.7 Å². The molecule has 0 bridgehead atoms. The van der Waals surface area contributed by atoms with Gasteiger partial charge in [0.2, 0.25) is 0 Å². The van der Waals surface area contributed by atoms with Gasteiger partial charge in [-0.1, -0.05) is 32.0 Å². The molecule has 3 nitrogen and oxygen atoms in total. The molecule has 110 valence electrons. The van der Waals surface area contributed by atoms with Gasteiger partial charge in [0.15, 0.2) is 0 Å². The Morgan fingerprint density at radius 2 is 1.85 bits per heavy atom. The van der Waals surface area contributed by atoms with Crippen LogP contribution in [0.15, 0.2) is 24.3 Å². The number of rotatable bonds is 6. The van der Waals surface area contributed by atoms with E-state index in [1.165, 1.54) is 22.2 Å². The first-order valence-corrected chi connectivity index (χ1v) is 7.48. The average Bonchev–Trinajstić information content (AvgIpc) is 2.72. The van der Waals surface area contributed by atoms with E-state index in [9.17, 15) is 5.11 Å². The van der Waals surface area contributed by atoms with Gasteiger partial charge in [-0.15, -0.1) is 0 Å². The molecular weight excluding hydrogens is 248 g/mol. The first-order chi connectivity index (χ1) is 9.52. The molecule has 20 heavy (non-hydrogen) atoms. The van der Waals surface area contributed by atoms with Crippen LogP contribution >= 0.6 is 0 Å². The zero-order valence-electron chi connectivity index (χ0n) is 13.0. The van der Waals surface area contributed by atoms with E-state index in [1.807, 2.05) is 13.8 Å². The third-order valence-corrected chi connectivity index (χ3v) is 4.57. The number of aliphatic hydroxyl groups is 1. The maximum atomic E-state index is 10.3. The number of hydrogen-bond acceptors (Lipinski definition) is 2. The highest BCUT2D eigenvalue weighted by molar-refractivity contribution is 5.85. The lowest BCUT2D eigenvalue weighted by Crippen LogP contribution is -2.39. The average molecular weight is 274 g/mol. The first kappa shape index (κ1) is 15.1. The van der Waals surface area contributed by atoms with E-state index in [2.05, 4.69) is 48.1 Å². The lowest BCUT2D eigenvalue weighted by Gasteiger charge is -2.25. The van der Waals surface area contributed by atoms with E-state index < -0.39 is 5.60 Å². The van der Waals surface area contributed by atoms with Crippen LogP contribution in [-0.4, -0.2) is 21.8 Å². The predicted molar refractivity (Wildman–Crippen MR) is 84.9 cm³/mol. The number of hydrogen-bond donors (Lipinski definition) is 2. The second-order valence-electron chi connectivity index (χ2n) is 5.68. The fourth-order valence-electron chi connectivity index (χ4n) is 2.80. The molecule has 0 aliphatic carbocycles. The highest BCUT2D eigenvalue weighted by Crippen LogP contribution is 2.24. The summed E-state index contributed by atoms with van der Waals surface area (Å²) in [4.78, 5) is 0. The SMILES string of the molecule is CCC(O)(CC)CNCc1c(C)c2ccccc2n1C. The Morgan fingerprint density at radius 3 is 2.45 bits per heavy atom. The van der Waals surface area contributed by atoms with Crippen LogP contribution < -0.4 is 5.32 Å². The minimum Gasteiger partial charge on any atom is -0.389 e. The van der Waals surface area contributed by atoms with Crippen molar-refractivity contribution in [2.75, 3.05) is 6.54 Å². The molecule has 0 atom stereocenters. The van der Waals surface area contributed by atoms with Crippen LogP contribution in [0.2, 0.25) is 0 Å². The Balaban J connectivity index is 2.15. The Morgan fingerprint density at radius 1 is 1.20 bits per heavy atom. The molecule has 2 N–H and O–H groups in total. The fraction of sp³-hybridized carbons (Fsp3) is 0.529. The molecule has 2 aromatic rings. The first-order valence-electron chi connectivity index (χ1n) is 7.48. The van der Waals surface area contributed by atoms with Crippen molar-refractivity contribution in [3.05, 3.63) is 35.5 Å². The number of nitrogens with one attached hydrogen (secondary N) is 1. The smallest absolute Gasteiger partial charge is 0.0766 e. The molecule has 1 heterocycles. The highest BCUT2D eigenvalue weighted by atomic mass is 16.3. The van der Waals surface area contributed by atoms with Crippen LogP contribution in [0, 0.1) is 6.92 Å². The van der Waals surface area contributed by atoms with E-state index in [0.717, 1.165) is 19.4 Å². The summed E-state index contributed by atoms with van der Waals surface area (Å²) in [6.45, 7) is 7.67. The highest BCUT2D eigenvalue weighted by Gasteiger charge is 2.21. The van der Waals surface area contributed by atoms with Crippen molar-refractivity contribution in [2.24, 2.45) is 7.05 Å². The second-order valence-corrected chi connectivity index (χ2v) is 5.68. The summed E-state index contributed by atoms with van der Waals surface area (Å²) in [6, 6.07) is 8.48. The molecule has 0 spiro atoms. The van der Waals surface area contributed by atoms with Gasteiger partial charge in [0.1, 0.15) is 0 Å². The Labute approximate surface area is 121 Å². The minimum atomic E-state index is -0.585. The van der Waals surface area contributed by atoms with Gasteiger partial charge in [-0.25, -0.2) is 0 Å². The Kier molecular flexibility index (Phi) is 4.51. The van der Waals surface area contributed by atoms with Crippen LogP contribution in [0.3, 0.4) is 0 Å². The zero-order chi connectivity index (χ0) is 14.8. The lowest BCUT2D eigenvalue weighted by molar-refractivity contribution is 0.0322. The van der Waals surface area contributed by atoms with Gasteiger partial charge in [-0.2, -0.15) is 0 Å². The largest absolute Gasteiger partial charge is 0.389 e. The van der Waals surface area contributed by atoms with E-state index in [-0.39, 0.29) is 0 Å². The Bertz CT molecular complexity index is 543. The van der Waals surface area contributed by atoms with Crippen molar-refractivity contribution in [1.82, 2.24) is 9.88 Å². The fourth-order valence-corrected chi connectivity index (χ4v) is 2.80. The van der Waals surface area contributed by atoms with Crippen molar-refractivity contribution in [3.63, 3.8) is 0 Å². The Hall–Kier alpha value is -1.32. The topological polar surface area (TPSA) is 37.2 Å². The number of fused-ring (bicyclic) bond motifs is 1. The van der Waals surface area contributed by atoms with E-state index in [1.54, 1.807) is 0 Å². The summed E-state index contributed by atoms with van der Waals surface area (Å²) < 4.78 is 2.24. The van der Waals surface area contributed by atoms with Gasteiger partial charge in [-0.3, -0.25) is 0 Å². The minimum absolute atomic E-state index is 0.585. The number of para-hydroxylation sites is 1. The molecule has 0 saturated heterocycles. The quantitative estimate of drug-likeness (QED) is 0.849. The van der Waals surface area contributed by atoms with Gasteiger partial charge >= 0.3 is 0 Å². The zero-order valence-corrected chi connectivity index (χ0v) is 13.0. The maximum Gasteiger partial charge on any atom is 0.0766 e. The van der Waals surface area contributed by atoms with Crippen molar-refractivity contribution < 1.29 is 5.11 Å². The van der Waals surface area contributed by atoms with Gasteiger partial charge < -0.3 is 15.0 Å². The molecule has 0 fully saturated rings. The summed E-state index contributed by atoms with van der Waals surface area (Å²) in [5.41, 5.74) is 3.30. The molecular formula is C17H26N2O. The normalized spacial score (nSPS) is 12.2. The summed E-state index contributed by atoms with van der Waals surface area (Å²) in [6.07, 6.45) is 1.56. The van der Waals surface area contributed by atoms with Gasteiger partial charge in [0.25, 0.3) is 0 Å². The summed E-state index contributed by atoms with van der Waals surface area (Å²) >= 11 is 0. The number of nitrogens with zero attached hydrogens (tertiary/aromatic N) is 1. The predicted octanol–water partition coefficient (Wildman–Crippen LogP) is 3.13. The molecule has 0 saturated carbocycles. The molecule has 0 radical (unpaired) electrons. The van der Waals surface area contributed by atoms with E-state index >= 15 is 0 Å².